The minimum Gasteiger partial charge on any atom is -0.367 e. The third-order valence-electron chi connectivity index (χ3n) is 2.47. The van der Waals surface area contributed by atoms with Crippen molar-refractivity contribution in [3.63, 3.8) is 0 Å². The van der Waals surface area contributed by atoms with Crippen LogP contribution in [0.25, 0.3) is 0 Å². The second kappa shape index (κ2) is 2.87. The van der Waals surface area contributed by atoms with E-state index in [1.165, 1.54) is 6.07 Å². The monoisotopic (exact) mass is 177 g/mol. The third-order valence-corrected chi connectivity index (χ3v) is 2.47. The first kappa shape index (κ1) is 8.30. The summed E-state index contributed by atoms with van der Waals surface area (Å²) in [6.07, 6.45) is 0. The zero-order valence-electron chi connectivity index (χ0n) is 7.68. The van der Waals surface area contributed by atoms with Crippen molar-refractivity contribution in [1.82, 2.24) is 4.90 Å². The maximum absolute atomic E-state index is 13.3. The summed E-state index contributed by atoms with van der Waals surface area (Å²) in [5, 5.41) is 0. The molecule has 1 aromatic rings. The Morgan fingerprint density at radius 2 is 2.23 bits per heavy atom. The molecule has 1 nitrogen and oxygen atoms in total. The molecule has 0 aliphatic carbocycles. The molecule has 0 saturated heterocycles. The average Bonchev–Trinajstić information content (AvgIpc) is 2.49. The van der Waals surface area contributed by atoms with E-state index in [-0.39, 0.29) is 5.82 Å². The Kier molecular flexibility index (Phi) is 1.83. The summed E-state index contributed by atoms with van der Waals surface area (Å²) >= 11 is 0. The Morgan fingerprint density at radius 3 is 2.85 bits per heavy atom. The number of fused-ring (bicyclic) bond motifs is 1. The summed E-state index contributed by atoms with van der Waals surface area (Å²) in [6.45, 7) is 7.26. The normalized spacial score (nSPS) is 14.5. The van der Waals surface area contributed by atoms with Gasteiger partial charge in [-0.15, -0.1) is 0 Å². The Morgan fingerprint density at radius 1 is 1.46 bits per heavy atom. The number of allylic oxidation sites excluding steroid dienone is 1. The molecule has 0 N–H and O–H groups in total. The van der Waals surface area contributed by atoms with Crippen LogP contribution in [0.5, 0.6) is 0 Å². The van der Waals surface area contributed by atoms with E-state index in [0.717, 1.165) is 23.4 Å². The SMILES string of the molecule is C=C(C)N1Cc2cccc(F)c2C1. The zero-order valence-corrected chi connectivity index (χ0v) is 7.68. The minimum atomic E-state index is -0.0961. The molecule has 0 atom stereocenters. The van der Waals surface area contributed by atoms with Gasteiger partial charge in [-0.25, -0.2) is 4.39 Å². The van der Waals surface area contributed by atoms with Gasteiger partial charge in [0, 0.05) is 24.4 Å². The second-order valence-electron chi connectivity index (χ2n) is 3.47. The Labute approximate surface area is 77.5 Å². The van der Waals surface area contributed by atoms with Crippen LogP contribution in [0.2, 0.25) is 0 Å². The summed E-state index contributed by atoms with van der Waals surface area (Å²) in [6, 6.07) is 5.25. The van der Waals surface area contributed by atoms with Crippen LogP contribution >= 0.6 is 0 Å². The van der Waals surface area contributed by atoms with Crippen molar-refractivity contribution >= 4 is 0 Å². The minimum absolute atomic E-state index is 0.0961. The first-order valence-corrected chi connectivity index (χ1v) is 4.35. The van der Waals surface area contributed by atoms with E-state index in [9.17, 15) is 4.39 Å². The van der Waals surface area contributed by atoms with Gasteiger partial charge < -0.3 is 4.90 Å². The smallest absolute Gasteiger partial charge is 0.128 e. The van der Waals surface area contributed by atoms with Gasteiger partial charge in [0.15, 0.2) is 0 Å². The molecule has 0 radical (unpaired) electrons. The number of rotatable bonds is 1. The summed E-state index contributed by atoms with van der Waals surface area (Å²) in [5.74, 6) is -0.0961. The van der Waals surface area contributed by atoms with Gasteiger partial charge in [-0.05, 0) is 18.6 Å². The highest BCUT2D eigenvalue weighted by atomic mass is 19.1. The van der Waals surface area contributed by atoms with Crippen molar-refractivity contribution in [3.05, 3.63) is 47.4 Å². The number of hydrogen-bond donors (Lipinski definition) is 0. The van der Waals surface area contributed by atoms with Gasteiger partial charge in [0.1, 0.15) is 5.82 Å². The predicted molar refractivity (Wildman–Crippen MR) is 50.5 cm³/mol. The summed E-state index contributed by atoms with van der Waals surface area (Å²) < 4.78 is 13.3. The Hall–Kier alpha value is -1.31. The molecule has 0 unspecified atom stereocenters. The Balaban J connectivity index is 2.35. The highest BCUT2D eigenvalue weighted by molar-refractivity contribution is 5.32. The first-order chi connectivity index (χ1) is 6.18. The molecule has 0 spiro atoms. The van der Waals surface area contributed by atoms with E-state index in [4.69, 9.17) is 0 Å². The fraction of sp³-hybridized carbons (Fsp3) is 0.273. The molecule has 1 aliphatic rings. The average molecular weight is 177 g/mol. The first-order valence-electron chi connectivity index (χ1n) is 4.35. The number of halogens is 1. The van der Waals surface area contributed by atoms with Crippen molar-refractivity contribution in [1.29, 1.82) is 0 Å². The topological polar surface area (TPSA) is 3.24 Å². The maximum Gasteiger partial charge on any atom is 0.128 e. The highest BCUT2D eigenvalue weighted by Gasteiger charge is 2.20. The molecule has 0 bridgehead atoms. The van der Waals surface area contributed by atoms with Crippen LogP contribution in [0.15, 0.2) is 30.5 Å². The van der Waals surface area contributed by atoms with Gasteiger partial charge in [-0.2, -0.15) is 0 Å². The van der Waals surface area contributed by atoms with Gasteiger partial charge in [-0.3, -0.25) is 0 Å². The van der Waals surface area contributed by atoms with Crippen LogP contribution in [0, 0.1) is 5.82 Å². The molecule has 0 saturated carbocycles. The molecule has 0 amide bonds. The maximum atomic E-state index is 13.3. The number of hydrogen-bond acceptors (Lipinski definition) is 1. The number of benzene rings is 1. The lowest BCUT2D eigenvalue weighted by Crippen LogP contribution is -2.12. The third kappa shape index (κ3) is 1.32. The van der Waals surface area contributed by atoms with Crippen molar-refractivity contribution in [2.75, 3.05) is 0 Å². The zero-order chi connectivity index (χ0) is 9.42. The van der Waals surface area contributed by atoms with E-state index >= 15 is 0 Å². The molecule has 0 aromatic heterocycles. The van der Waals surface area contributed by atoms with Crippen LogP contribution in [0.3, 0.4) is 0 Å². The lowest BCUT2D eigenvalue weighted by molar-refractivity contribution is 0.362. The van der Waals surface area contributed by atoms with E-state index in [1.807, 2.05) is 13.0 Å². The van der Waals surface area contributed by atoms with Crippen LogP contribution in [-0.4, -0.2) is 4.90 Å². The summed E-state index contributed by atoms with van der Waals surface area (Å²) in [5.41, 5.74) is 2.91. The van der Waals surface area contributed by atoms with Crippen molar-refractivity contribution in [3.8, 4) is 0 Å². The van der Waals surface area contributed by atoms with Crippen LogP contribution in [0.4, 0.5) is 4.39 Å². The molecular weight excluding hydrogens is 165 g/mol. The summed E-state index contributed by atoms with van der Waals surface area (Å²) in [4.78, 5) is 2.08. The largest absolute Gasteiger partial charge is 0.367 e. The van der Waals surface area contributed by atoms with Gasteiger partial charge in [0.05, 0.1) is 0 Å². The quantitative estimate of drug-likeness (QED) is 0.637. The van der Waals surface area contributed by atoms with E-state index < -0.39 is 0 Å². The molecule has 1 aromatic carbocycles. The Bertz CT molecular complexity index is 357. The van der Waals surface area contributed by atoms with Crippen LogP contribution < -0.4 is 0 Å². The molecule has 0 fully saturated rings. The lowest BCUT2D eigenvalue weighted by atomic mass is 10.1. The standard InChI is InChI=1S/C11H12FN/c1-8(2)13-6-9-4-3-5-11(12)10(9)7-13/h3-5H,1,6-7H2,2H3. The van der Waals surface area contributed by atoms with Gasteiger partial charge in [-0.1, -0.05) is 18.7 Å². The number of nitrogens with zero attached hydrogens (tertiary/aromatic N) is 1. The molecule has 2 heteroatoms. The van der Waals surface area contributed by atoms with E-state index in [1.54, 1.807) is 6.07 Å². The van der Waals surface area contributed by atoms with Crippen LogP contribution in [0.1, 0.15) is 18.1 Å². The second-order valence-corrected chi connectivity index (χ2v) is 3.47. The molecule has 68 valence electrons. The van der Waals surface area contributed by atoms with Crippen molar-refractivity contribution in [2.45, 2.75) is 20.0 Å². The van der Waals surface area contributed by atoms with E-state index in [2.05, 4.69) is 11.5 Å². The summed E-state index contributed by atoms with van der Waals surface area (Å²) in [7, 11) is 0. The molecule has 1 heterocycles. The predicted octanol–water partition coefficient (Wildman–Crippen LogP) is 2.67. The highest BCUT2D eigenvalue weighted by Crippen LogP contribution is 2.26. The van der Waals surface area contributed by atoms with Gasteiger partial charge >= 0.3 is 0 Å². The van der Waals surface area contributed by atoms with Crippen molar-refractivity contribution < 1.29 is 4.39 Å². The fourth-order valence-corrected chi connectivity index (χ4v) is 1.65. The molecular formula is C11H12FN. The lowest BCUT2D eigenvalue weighted by Gasteiger charge is -2.16. The fourth-order valence-electron chi connectivity index (χ4n) is 1.65. The molecule has 13 heavy (non-hydrogen) atoms. The molecule has 1 aliphatic heterocycles. The van der Waals surface area contributed by atoms with Gasteiger partial charge in [0.2, 0.25) is 0 Å². The van der Waals surface area contributed by atoms with Gasteiger partial charge in [0.25, 0.3) is 0 Å². The van der Waals surface area contributed by atoms with Crippen molar-refractivity contribution in [2.24, 2.45) is 0 Å². The van der Waals surface area contributed by atoms with E-state index in [0.29, 0.717) is 6.54 Å². The van der Waals surface area contributed by atoms with Crippen LogP contribution in [-0.2, 0) is 13.1 Å². The molecule has 2 rings (SSSR count).